The summed E-state index contributed by atoms with van der Waals surface area (Å²) in [6, 6.07) is 0. The predicted molar refractivity (Wildman–Crippen MR) is 61.7 cm³/mol. The Morgan fingerprint density at radius 3 is 2.08 bits per heavy atom. The van der Waals surface area contributed by atoms with Crippen LogP contribution in [0, 0.1) is 6.92 Å². The van der Waals surface area contributed by atoms with Crippen LogP contribution in [0.3, 0.4) is 0 Å². The summed E-state index contributed by atoms with van der Waals surface area (Å²) in [7, 11) is 0. The summed E-state index contributed by atoms with van der Waals surface area (Å²) >= 11 is 0. The van der Waals surface area contributed by atoms with E-state index in [4.69, 9.17) is 0 Å². The molecule has 0 heterocycles. The van der Waals surface area contributed by atoms with Crippen molar-refractivity contribution in [2.24, 2.45) is 0 Å². The Morgan fingerprint density at radius 1 is 0.846 bits per heavy atom. The number of rotatable bonds is 9. The Balaban J connectivity index is 2.87. The van der Waals surface area contributed by atoms with Gasteiger partial charge < -0.3 is 0 Å². The molecule has 0 bridgehead atoms. The van der Waals surface area contributed by atoms with Gasteiger partial charge in [-0.15, -0.1) is 0 Å². The second kappa shape index (κ2) is 11.7. The Kier molecular flexibility index (Phi) is 11.5. The highest BCUT2D eigenvalue weighted by Gasteiger charge is 1.88. The lowest BCUT2D eigenvalue weighted by molar-refractivity contribution is 0.592. The highest BCUT2D eigenvalue weighted by Crippen LogP contribution is 2.08. The van der Waals surface area contributed by atoms with Crippen LogP contribution in [-0.2, 0) is 0 Å². The third kappa shape index (κ3) is 11.7. The number of hydrogen-bond donors (Lipinski definition) is 0. The van der Waals surface area contributed by atoms with E-state index in [1.54, 1.807) is 0 Å². The quantitative estimate of drug-likeness (QED) is 0.350. The average Bonchev–Trinajstić information content (AvgIpc) is 2.16. The van der Waals surface area contributed by atoms with Crippen LogP contribution in [0.5, 0.6) is 0 Å². The first-order valence-corrected chi connectivity index (χ1v) is 5.86. The van der Waals surface area contributed by atoms with Crippen molar-refractivity contribution in [3.05, 3.63) is 19.1 Å². The molecule has 0 N–H and O–H groups in total. The van der Waals surface area contributed by atoms with Crippen molar-refractivity contribution >= 4 is 0 Å². The molecule has 13 heavy (non-hydrogen) atoms. The smallest absolute Gasteiger partial charge is 0.0351 e. The molecule has 0 aromatic heterocycles. The lowest BCUT2D eigenvalue weighted by atomic mass is 10.1. The molecule has 0 heteroatoms. The third-order valence-corrected chi connectivity index (χ3v) is 2.31. The minimum Gasteiger partial charge on any atom is -0.0885 e. The first-order valence-electron chi connectivity index (χ1n) is 5.86. The summed E-state index contributed by atoms with van der Waals surface area (Å²) in [4.78, 5) is 0. The van der Waals surface area contributed by atoms with E-state index in [-0.39, 0.29) is 0 Å². The average molecular weight is 181 g/mol. The second-order valence-corrected chi connectivity index (χ2v) is 3.67. The van der Waals surface area contributed by atoms with E-state index in [0.717, 1.165) is 6.42 Å². The number of allylic oxidation sites excluding steroid dienone is 2. The van der Waals surface area contributed by atoms with Crippen LogP contribution in [0.2, 0.25) is 0 Å². The third-order valence-electron chi connectivity index (χ3n) is 2.31. The zero-order chi connectivity index (χ0) is 9.78. The largest absolute Gasteiger partial charge is 0.0885 e. The van der Waals surface area contributed by atoms with E-state index in [2.05, 4.69) is 26.0 Å². The maximum atomic E-state index is 3.77. The Hall–Kier alpha value is -0.260. The van der Waals surface area contributed by atoms with E-state index in [1.165, 1.54) is 51.4 Å². The zero-order valence-corrected chi connectivity index (χ0v) is 9.23. The van der Waals surface area contributed by atoms with Gasteiger partial charge in [0.05, 0.1) is 0 Å². The van der Waals surface area contributed by atoms with Gasteiger partial charge in [-0.25, -0.2) is 0 Å². The van der Waals surface area contributed by atoms with Crippen LogP contribution in [0.4, 0.5) is 0 Å². The second-order valence-electron chi connectivity index (χ2n) is 3.67. The van der Waals surface area contributed by atoms with Gasteiger partial charge in [-0.3, -0.25) is 0 Å². The first-order chi connectivity index (χ1) is 6.41. The Morgan fingerprint density at radius 2 is 1.46 bits per heavy atom. The molecule has 0 aliphatic heterocycles. The number of unbranched alkanes of at least 4 members (excludes halogenated alkanes) is 7. The summed E-state index contributed by atoms with van der Waals surface area (Å²) in [5, 5.41) is 0. The lowest BCUT2D eigenvalue weighted by Crippen LogP contribution is -1.78. The lowest BCUT2D eigenvalue weighted by Gasteiger charge is -1.98. The molecular weight excluding hydrogens is 156 g/mol. The molecule has 0 aromatic rings. The molecule has 0 amide bonds. The van der Waals surface area contributed by atoms with E-state index in [1.807, 2.05) is 0 Å². The summed E-state index contributed by atoms with van der Waals surface area (Å²) in [5.41, 5.74) is 0. The highest BCUT2D eigenvalue weighted by molar-refractivity contribution is 4.81. The Bertz CT molecular complexity index is 103. The molecule has 0 saturated carbocycles. The van der Waals surface area contributed by atoms with Crippen LogP contribution < -0.4 is 0 Å². The fraction of sp³-hybridized carbons (Fsp3) is 0.769. The minimum absolute atomic E-state index is 0.941. The fourth-order valence-electron chi connectivity index (χ4n) is 1.45. The summed E-state index contributed by atoms with van der Waals surface area (Å²) in [6.45, 7) is 6.03. The molecule has 0 rings (SSSR count). The van der Waals surface area contributed by atoms with Gasteiger partial charge >= 0.3 is 0 Å². The SMILES string of the molecule is [CH2]CC=CCCCCCCCCC. The van der Waals surface area contributed by atoms with E-state index >= 15 is 0 Å². The van der Waals surface area contributed by atoms with Crippen LogP contribution >= 0.6 is 0 Å². The standard InChI is InChI=1S/C13H25/c1-3-5-7-9-11-13-12-10-8-6-4-2/h5,7H,1,3-4,6,8-13H2,2H3. The van der Waals surface area contributed by atoms with Crippen LogP contribution in [0.15, 0.2) is 12.2 Å². The van der Waals surface area contributed by atoms with Gasteiger partial charge in [-0.05, 0) is 26.2 Å². The van der Waals surface area contributed by atoms with Crippen molar-refractivity contribution in [2.45, 2.75) is 64.7 Å². The van der Waals surface area contributed by atoms with Gasteiger partial charge in [0, 0.05) is 0 Å². The fourth-order valence-corrected chi connectivity index (χ4v) is 1.45. The van der Waals surface area contributed by atoms with Crippen molar-refractivity contribution in [1.82, 2.24) is 0 Å². The molecule has 0 aromatic carbocycles. The molecule has 0 aliphatic rings. The van der Waals surface area contributed by atoms with Gasteiger partial charge in [0.15, 0.2) is 0 Å². The molecule has 0 atom stereocenters. The highest BCUT2D eigenvalue weighted by atomic mass is 13.9. The Labute approximate surface area is 84.4 Å². The van der Waals surface area contributed by atoms with Crippen molar-refractivity contribution < 1.29 is 0 Å². The maximum Gasteiger partial charge on any atom is -0.0351 e. The zero-order valence-electron chi connectivity index (χ0n) is 9.23. The van der Waals surface area contributed by atoms with Crippen LogP contribution in [-0.4, -0.2) is 0 Å². The van der Waals surface area contributed by atoms with Gasteiger partial charge in [0.25, 0.3) is 0 Å². The van der Waals surface area contributed by atoms with Gasteiger partial charge in [0.2, 0.25) is 0 Å². The summed E-state index contributed by atoms with van der Waals surface area (Å²) in [6.07, 6.45) is 16.5. The molecule has 0 spiro atoms. The molecule has 0 nitrogen and oxygen atoms in total. The van der Waals surface area contributed by atoms with Crippen molar-refractivity contribution in [3.63, 3.8) is 0 Å². The monoisotopic (exact) mass is 181 g/mol. The van der Waals surface area contributed by atoms with Gasteiger partial charge in [-0.2, -0.15) is 0 Å². The summed E-state index contributed by atoms with van der Waals surface area (Å²) < 4.78 is 0. The molecular formula is C13H25. The minimum atomic E-state index is 0.941. The van der Waals surface area contributed by atoms with Crippen molar-refractivity contribution in [2.75, 3.05) is 0 Å². The topological polar surface area (TPSA) is 0 Å². The predicted octanol–water partition coefficient (Wildman–Crippen LogP) is 4.91. The maximum absolute atomic E-state index is 3.77. The summed E-state index contributed by atoms with van der Waals surface area (Å²) in [5.74, 6) is 0. The van der Waals surface area contributed by atoms with E-state index in [9.17, 15) is 0 Å². The molecule has 0 saturated heterocycles. The molecule has 0 aliphatic carbocycles. The van der Waals surface area contributed by atoms with Crippen LogP contribution in [0.1, 0.15) is 64.7 Å². The van der Waals surface area contributed by atoms with E-state index in [0.29, 0.717) is 0 Å². The molecule has 0 unspecified atom stereocenters. The molecule has 77 valence electrons. The first kappa shape index (κ1) is 12.7. The molecule has 1 radical (unpaired) electrons. The van der Waals surface area contributed by atoms with E-state index < -0.39 is 0 Å². The number of hydrogen-bond acceptors (Lipinski definition) is 0. The van der Waals surface area contributed by atoms with Gasteiger partial charge in [0.1, 0.15) is 0 Å². The normalized spacial score (nSPS) is 11.2. The van der Waals surface area contributed by atoms with Crippen molar-refractivity contribution in [3.8, 4) is 0 Å². The van der Waals surface area contributed by atoms with Gasteiger partial charge in [-0.1, -0.05) is 57.6 Å². The van der Waals surface area contributed by atoms with Crippen molar-refractivity contribution in [1.29, 1.82) is 0 Å². The van der Waals surface area contributed by atoms with Crippen LogP contribution in [0.25, 0.3) is 0 Å². The molecule has 0 fully saturated rings.